The second-order valence-corrected chi connectivity index (χ2v) is 3.59. The molecular formula is C11H17N5O2. The monoisotopic (exact) mass is 251 g/mol. The first-order valence-electron chi connectivity index (χ1n) is 5.98. The third-order valence-corrected chi connectivity index (χ3v) is 2.33. The molecular weight excluding hydrogens is 234 g/mol. The van der Waals surface area contributed by atoms with Gasteiger partial charge in [-0.05, 0) is 13.8 Å². The summed E-state index contributed by atoms with van der Waals surface area (Å²) >= 11 is 0. The molecule has 1 aliphatic heterocycles. The molecule has 1 aromatic heterocycles. The second-order valence-electron chi connectivity index (χ2n) is 3.59. The first kappa shape index (κ1) is 12.4. The fourth-order valence-corrected chi connectivity index (χ4v) is 1.69. The van der Waals surface area contributed by atoms with Crippen LogP contribution in [0.4, 0.5) is 5.95 Å². The zero-order chi connectivity index (χ0) is 13.0. The lowest BCUT2D eigenvalue weighted by atomic mass is 10.2. The van der Waals surface area contributed by atoms with Crippen molar-refractivity contribution in [1.29, 1.82) is 0 Å². The molecule has 0 unspecified atom stereocenters. The van der Waals surface area contributed by atoms with Crippen LogP contribution in [0.2, 0.25) is 0 Å². The van der Waals surface area contributed by atoms with E-state index in [0.29, 0.717) is 36.4 Å². The number of hydrogen-bond acceptors (Lipinski definition) is 7. The molecule has 0 atom stereocenters. The summed E-state index contributed by atoms with van der Waals surface area (Å²) in [5.41, 5.74) is 6.29. The number of aliphatic imine (C=N–C) groups is 1. The van der Waals surface area contributed by atoms with Gasteiger partial charge in [0.2, 0.25) is 17.7 Å². The van der Waals surface area contributed by atoms with Gasteiger partial charge in [-0.15, -0.1) is 0 Å². The lowest BCUT2D eigenvalue weighted by molar-refractivity contribution is 0.305. The Morgan fingerprint density at radius 1 is 1.17 bits per heavy atom. The van der Waals surface area contributed by atoms with E-state index in [1.54, 1.807) is 0 Å². The Morgan fingerprint density at radius 3 is 2.22 bits per heavy atom. The highest BCUT2D eigenvalue weighted by Gasteiger charge is 2.23. The van der Waals surface area contributed by atoms with Crippen molar-refractivity contribution in [3.63, 3.8) is 0 Å². The quantitative estimate of drug-likeness (QED) is 0.776. The second kappa shape index (κ2) is 5.52. The topological polar surface area (TPSA) is 94.7 Å². The summed E-state index contributed by atoms with van der Waals surface area (Å²) in [7, 11) is 0. The minimum atomic E-state index is 0.129. The number of rotatable bonds is 5. The molecule has 98 valence electrons. The molecule has 0 fully saturated rings. The molecule has 1 aliphatic rings. The molecule has 0 aliphatic carbocycles. The van der Waals surface area contributed by atoms with Gasteiger partial charge in [0.25, 0.3) is 0 Å². The summed E-state index contributed by atoms with van der Waals surface area (Å²) in [6.45, 7) is 6.25. The number of ether oxygens (including phenoxy) is 2. The van der Waals surface area contributed by atoms with Gasteiger partial charge in [0, 0.05) is 6.54 Å². The van der Waals surface area contributed by atoms with Crippen LogP contribution in [0.25, 0.3) is 0 Å². The van der Waals surface area contributed by atoms with E-state index < -0.39 is 0 Å². The van der Waals surface area contributed by atoms with Crippen LogP contribution in [-0.2, 0) is 0 Å². The number of anilines is 1. The van der Waals surface area contributed by atoms with Gasteiger partial charge in [-0.3, -0.25) is 4.99 Å². The highest BCUT2D eigenvalue weighted by molar-refractivity contribution is 6.03. The van der Waals surface area contributed by atoms with E-state index in [9.17, 15) is 0 Å². The van der Waals surface area contributed by atoms with Gasteiger partial charge in [0.1, 0.15) is 11.4 Å². The molecule has 0 radical (unpaired) electrons. The van der Waals surface area contributed by atoms with E-state index in [2.05, 4.69) is 20.3 Å². The number of aromatic nitrogens is 2. The molecule has 0 saturated carbocycles. The van der Waals surface area contributed by atoms with Crippen molar-refractivity contribution in [2.24, 2.45) is 4.99 Å². The fraction of sp³-hybridized carbons (Fsp3) is 0.545. The maximum atomic E-state index is 5.65. The summed E-state index contributed by atoms with van der Waals surface area (Å²) in [5.74, 6) is 1.63. The van der Waals surface area contributed by atoms with Crippen LogP contribution < -0.4 is 20.5 Å². The molecule has 18 heavy (non-hydrogen) atoms. The lowest BCUT2D eigenvalue weighted by Crippen LogP contribution is -2.23. The average molecular weight is 251 g/mol. The van der Waals surface area contributed by atoms with Crippen LogP contribution in [0.1, 0.15) is 19.4 Å². The SMILES string of the molecule is CCOc1nc(N)nc(OCC)c1C1=NCCN1. The molecule has 0 spiro atoms. The Morgan fingerprint density at radius 2 is 1.78 bits per heavy atom. The standard InChI is InChI=1S/C11H17N5O2/c1-3-17-9-7(8-13-5-6-14-8)10(18-4-2)16-11(12)15-9/h3-6H2,1-2H3,(H,13,14)(H2,12,15,16). The normalized spacial score (nSPS) is 14.0. The zero-order valence-corrected chi connectivity index (χ0v) is 10.6. The molecule has 7 heteroatoms. The van der Waals surface area contributed by atoms with Crippen LogP contribution in [-0.4, -0.2) is 42.1 Å². The fourth-order valence-electron chi connectivity index (χ4n) is 1.69. The number of nitrogen functional groups attached to an aromatic ring is 1. The first-order chi connectivity index (χ1) is 8.76. The molecule has 0 saturated heterocycles. The molecule has 7 nitrogen and oxygen atoms in total. The van der Waals surface area contributed by atoms with Crippen LogP contribution in [0.3, 0.4) is 0 Å². The predicted molar refractivity (Wildman–Crippen MR) is 68.2 cm³/mol. The smallest absolute Gasteiger partial charge is 0.233 e. The average Bonchev–Trinajstić information content (AvgIpc) is 2.83. The summed E-state index contributed by atoms with van der Waals surface area (Å²) in [4.78, 5) is 12.5. The zero-order valence-electron chi connectivity index (χ0n) is 10.6. The Hall–Kier alpha value is -2.05. The number of hydrogen-bond donors (Lipinski definition) is 2. The number of nitrogens with two attached hydrogens (primary N) is 1. The Bertz CT molecular complexity index is 434. The van der Waals surface area contributed by atoms with Crippen molar-refractivity contribution >= 4 is 11.8 Å². The summed E-state index contributed by atoms with van der Waals surface area (Å²) in [6.07, 6.45) is 0. The minimum absolute atomic E-state index is 0.129. The van der Waals surface area contributed by atoms with Crippen molar-refractivity contribution < 1.29 is 9.47 Å². The van der Waals surface area contributed by atoms with E-state index in [1.165, 1.54) is 0 Å². The number of nitrogens with zero attached hydrogens (tertiary/aromatic N) is 3. The van der Waals surface area contributed by atoms with Crippen molar-refractivity contribution in [3.8, 4) is 11.8 Å². The summed E-state index contributed by atoms with van der Waals surface area (Å²) in [5, 5.41) is 3.16. The van der Waals surface area contributed by atoms with Crippen LogP contribution in [0, 0.1) is 0 Å². The van der Waals surface area contributed by atoms with Gasteiger partial charge in [0.05, 0.1) is 19.8 Å². The summed E-state index contributed by atoms with van der Waals surface area (Å²) in [6, 6.07) is 0. The number of nitrogens with one attached hydrogen (secondary N) is 1. The molecule has 0 amide bonds. The molecule has 0 bridgehead atoms. The van der Waals surface area contributed by atoms with E-state index in [-0.39, 0.29) is 5.95 Å². The van der Waals surface area contributed by atoms with E-state index in [1.807, 2.05) is 13.8 Å². The van der Waals surface area contributed by atoms with E-state index in [4.69, 9.17) is 15.2 Å². The highest BCUT2D eigenvalue weighted by atomic mass is 16.5. The van der Waals surface area contributed by atoms with Crippen molar-refractivity contribution in [2.45, 2.75) is 13.8 Å². The van der Waals surface area contributed by atoms with Gasteiger partial charge in [-0.25, -0.2) is 0 Å². The summed E-state index contributed by atoms with van der Waals surface area (Å²) < 4.78 is 11.0. The molecule has 1 aromatic rings. The first-order valence-corrected chi connectivity index (χ1v) is 5.98. The highest BCUT2D eigenvalue weighted by Crippen LogP contribution is 2.27. The maximum Gasteiger partial charge on any atom is 0.233 e. The third kappa shape index (κ3) is 2.44. The largest absolute Gasteiger partial charge is 0.477 e. The van der Waals surface area contributed by atoms with Crippen LogP contribution in [0.5, 0.6) is 11.8 Å². The Balaban J connectivity index is 2.49. The molecule has 2 heterocycles. The van der Waals surface area contributed by atoms with Crippen molar-refractivity contribution in [1.82, 2.24) is 15.3 Å². The van der Waals surface area contributed by atoms with Crippen LogP contribution >= 0.6 is 0 Å². The predicted octanol–water partition coefficient (Wildman–Crippen LogP) is 0.206. The van der Waals surface area contributed by atoms with Crippen molar-refractivity contribution in [2.75, 3.05) is 32.0 Å². The van der Waals surface area contributed by atoms with Gasteiger partial charge in [-0.1, -0.05) is 0 Å². The van der Waals surface area contributed by atoms with Gasteiger partial charge < -0.3 is 20.5 Å². The van der Waals surface area contributed by atoms with Crippen LogP contribution in [0.15, 0.2) is 4.99 Å². The van der Waals surface area contributed by atoms with E-state index in [0.717, 1.165) is 13.1 Å². The minimum Gasteiger partial charge on any atom is -0.477 e. The maximum absolute atomic E-state index is 5.65. The molecule has 0 aromatic carbocycles. The third-order valence-electron chi connectivity index (χ3n) is 2.33. The van der Waals surface area contributed by atoms with Crippen molar-refractivity contribution in [3.05, 3.63) is 5.56 Å². The van der Waals surface area contributed by atoms with Gasteiger partial charge in [0.15, 0.2) is 0 Å². The van der Waals surface area contributed by atoms with E-state index >= 15 is 0 Å². The number of amidine groups is 1. The molecule has 3 N–H and O–H groups in total. The molecule has 2 rings (SSSR count). The van der Waals surface area contributed by atoms with Gasteiger partial charge in [-0.2, -0.15) is 9.97 Å². The Kier molecular flexibility index (Phi) is 3.81. The lowest BCUT2D eigenvalue weighted by Gasteiger charge is -2.14. The Labute approximate surface area is 105 Å². The van der Waals surface area contributed by atoms with Gasteiger partial charge >= 0.3 is 0 Å².